The van der Waals surface area contributed by atoms with Crippen LogP contribution in [0.15, 0.2) is 54.7 Å². The molecule has 28 heavy (non-hydrogen) atoms. The molecule has 1 amide bonds. The third-order valence-corrected chi connectivity index (χ3v) is 5.04. The van der Waals surface area contributed by atoms with Crippen LogP contribution in [0.4, 0.5) is 11.4 Å². The van der Waals surface area contributed by atoms with Gasteiger partial charge in [-0.1, -0.05) is 17.7 Å². The molecule has 2 aromatic carbocycles. The number of halogens is 1. The molecule has 0 unspecified atom stereocenters. The number of carbonyl (C=O) groups is 1. The van der Waals surface area contributed by atoms with E-state index in [1.54, 1.807) is 16.9 Å². The van der Waals surface area contributed by atoms with Crippen molar-refractivity contribution in [3.63, 3.8) is 0 Å². The number of carbonyl (C=O) groups excluding carboxylic acids is 1. The minimum Gasteiger partial charge on any atom is -0.378 e. The van der Waals surface area contributed by atoms with Gasteiger partial charge in [0.05, 0.1) is 36.4 Å². The number of hydrogen-bond donors (Lipinski definition) is 1. The third-order valence-electron chi connectivity index (χ3n) is 4.81. The Labute approximate surface area is 168 Å². The second kappa shape index (κ2) is 8.04. The van der Waals surface area contributed by atoms with Gasteiger partial charge >= 0.3 is 0 Å². The SMILES string of the molecule is Cc1c(C(=O)Nc2ccc(N3CCOCC3)cc2)cnn1-c1cccc(Cl)c1. The van der Waals surface area contributed by atoms with E-state index >= 15 is 0 Å². The Bertz CT molecular complexity index is 978. The van der Waals surface area contributed by atoms with Crippen LogP contribution in [0.5, 0.6) is 0 Å². The quantitative estimate of drug-likeness (QED) is 0.726. The first kappa shape index (κ1) is 18.5. The monoisotopic (exact) mass is 396 g/mol. The number of rotatable bonds is 4. The zero-order valence-electron chi connectivity index (χ0n) is 15.6. The molecule has 1 aromatic heterocycles. The molecule has 4 rings (SSSR count). The van der Waals surface area contributed by atoms with Gasteiger partial charge in [-0.05, 0) is 49.4 Å². The number of nitrogens with one attached hydrogen (secondary N) is 1. The normalized spacial score (nSPS) is 14.1. The topological polar surface area (TPSA) is 59.4 Å². The zero-order chi connectivity index (χ0) is 19.5. The lowest BCUT2D eigenvalue weighted by Crippen LogP contribution is -2.36. The molecule has 1 fully saturated rings. The minimum atomic E-state index is -0.190. The lowest BCUT2D eigenvalue weighted by molar-refractivity contribution is 0.102. The maximum atomic E-state index is 12.7. The van der Waals surface area contributed by atoms with E-state index in [2.05, 4.69) is 15.3 Å². The number of benzene rings is 2. The van der Waals surface area contributed by atoms with E-state index in [1.807, 2.05) is 49.4 Å². The van der Waals surface area contributed by atoms with Crippen LogP contribution < -0.4 is 10.2 Å². The smallest absolute Gasteiger partial charge is 0.259 e. The summed E-state index contributed by atoms with van der Waals surface area (Å²) < 4.78 is 7.09. The molecule has 0 radical (unpaired) electrons. The second-order valence-corrected chi connectivity index (χ2v) is 7.07. The van der Waals surface area contributed by atoms with Crippen LogP contribution in [-0.2, 0) is 4.74 Å². The van der Waals surface area contributed by atoms with E-state index < -0.39 is 0 Å². The number of nitrogens with zero attached hydrogens (tertiary/aromatic N) is 3. The molecule has 0 bridgehead atoms. The van der Waals surface area contributed by atoms with Crippen molar-refractivity contribution in [3.8, 4) is 5.69 Å². The molecule has 0 atom stereocenters. The summed E-state index contributed by atoms with van der Waals surface area (Å²) in [4.78, 5) is 15.0. The lowest BCUT2D eigenvalue weighted by atomic mass is 10.2. The van der Waals surface area contributed by atoms with Crippen molar-refractivity contribution < 1.29 is 9.53 Å². The molecule has 1 saturated heterocycles. The summed E-state index contributed by atoms with van der Waals surface area (Å²) in [5.41, 5.74) is 3.98. The maximum absolute atomic E-state index is 12.7. The number of hydrogen-bond acceptors (Lipinski definition) is 4. The van der Waals surface area contributed by atoms with Crippen LogP contribution in [0.2, 0.25) is 5.02 Å². The van der Waals surface area contributed by atoms with Crippen molar-refractivity contribution in [2.45, 2.75) is 6.92 Å². The highest BCUT2D eigenvalue weighted by molar-refractivity contribution is 6.30. The first-order valence-corrected chi connectivity index (χ1v) is 9.54. The maximum Gasteiger partial charge on any atom is 0.259 e. The van der Waals surface area contributed by atoms with Crippen LogP contribution in [0.3, 0.4) is 0 Å². The number of ether oxygens (including phenoxy) is 1. The summed E-state index contributed by atoms with van der Waals surface area (Å²) in [7, 11) is 0. The molecule has 0 spiro atoms. The predicted molar refractivity (Wildman–Crippen MR) is 111 cm³/mol. The van der Waals surface area contributed by atoms with Crippen molar-refractivity contribution in [1.82, 2.24) is 9.78 Å². The average molecular weight is 397 g/mol. The van der Waals surface area contributed by atoms with E-state index in [0.717, 1.165) is 49.1 Å². The summed E-state index contributed by atoms with van der Waals surface area (Å²) >= 11 is 6.06. The molecule has 1 aliphatic heterocycles. The minimum absolute atomic E-state index is 0.190. The molecule has 7 heteroatoms. The van der Waals surface area contributed by atoms with E-state index in [9.17, 15) is 4.79 Å². The van der Waals surface area contributed by atoms with Crippen LogP contribution in [-0.4, -0.2) is 42.0 Å². The van der Waals surface area contributed by atoms with Gasteiger partial charge in [0, 0.05) is 29.5 Å². The fourth-order valence-corrected chi connectivity index (χ4v) is 3.46. The van der Waals surface area contributed by atoms with Crippen molar-refractivity contribution >= 4 is 28.9 Å². The largest absolute Gasteiger partial charge is 0.378 e. The van der Waals surface area contributed by atoms with Crippen LogP contribution in [0, 0.1) is 6.92 Å². The summed E-state index contributed by atoms with van der Waals surface area (Å²) in [6, 6.07) is 15.2. The standard InChI is InChI=1S/C21H21ClN4O2/c1-15-20(14-23-26(15)19-4-2-3-16(22)13-19)21(27)24-17-5-7-18(8-6-17)25-9-11-28-12-10-25/h2-8,13-14H,9-12H2,1H3,(H,24,27). The highest BCUT2D eigenvalue weighted by Crippen LogP contribution is 2.21. The van der Waals surface area contributed by atoms with Crippen molar-refractivity contribution in [3.05, 3.63) is 71.0 Å². The summed E-state index contributed by atoms with van der Waals surface area (Å²) in [5.74, 6) is -0.190. The van der Waals surface area contributed by atoms with Gasteiger partial charge in [-0.2, -0.15) is 5.10 Å². The Balaban J connectivity index is 1.48. The fraction of sp³-hybridized carbons (Fsp3) is 0.238. The van der Waals surface area contributed by atoms with E-state index in [0.29, 0.717) is 10.6 Å². The van der Waals surface area contributed by atoms with Gasteiger partial charge in [0.15, 0.2) is 0 Å². The van der Waals surface area contributed by atoms with Crippen LogP contribution >= 0.6 is 11.6 Å². The number of aromatic nitrogens is 2. The number of morpholine rings is 1. The van der Waals surface area contributed by atoms with Crippen molar-refractivity contribution in [1.29, 1.82) is 0 Å². The van der Waals surface area contributed by atoms with Gasteiger partial charge in [0.25, 0.3) is 5.91 Å². The summed E-state index contributed by atoms with van der Waals surface area (Å²) in [6.45, 7) is 5.12. The van der Waals surface area contributed by atoms with Crippen molar-refractivity contribution in [2.24, 2.45) is 0 Å². The average Bonchev–Trinajstić information content (AvgIpc) is 3.11. The third kappa shape index (κ3) is 3.88. The summed E-state index contributed by atoms with van der Waals surface area (Å²) in [5, 5.41) is 7.91. The van der Waals surface area contributed by atoms with Crippen LogP contribution in [0.25, 0.3) is 5.69 Å². The first-order valence-electron chi connectivity index (χ1n) is 9.16. The second-order valence-electron chi connectivity index (χ2n) is 6.64. The molecule has 0 aliphatic carbocycles. The zero-order valence-corrected chi connectivity index (χ0v) is 16.3. The van der Waals surface area contributed by atoms with Gasteiger partial charge in [-0.15, -0.1) is 0 Å². The van der Waals surface area contributed by atoms with Crippen LogP contribution in [0.1, 0.15) is 16.1 Å². The van der Waals surface area contributed by atoms with Gasteiger partial charge in [0.1, 0.15) is 0 Å². The molecule has 2 heterocycles. The molecule has 0 saturated carbocycles. The molecule has 6 nitrogen and oxygen atoms in total. The first-order chi connectivity index (χ1) is 13.6. The summed E-state index contributed by atoms with van der Waals surface area (Å²) in [6.07, 6.45) is 1.58. The van der Waals surface area contributed by atoms with Gasteiger partial charge in [-0.25, -0.2) is 4.68 Å². The molecule has 3 aromatic rings. The Morgan fingerprint density at radius 2 is 1.86 bits per heavy atom. The fourth-order valence-electron chi connectivity index (χ4n) is 3.28. The van der Waals surface area contributed by atoms with Gasteiger partial charge < -0.3 is 15.0 Å². The molecule has 1 aliphatic rings. The predicted octanol–water partition coefficient (Wildman–Crippen LogP) is 3.92. The number of anilines is 2. The van der Waals surface area contributed by atoms with Gasteiger partial charge in [-0.3, -0.25) is 4.79 Å². The Hall–Kier alpha value is -2.83. The molecular weight excluding hydrogens is 376 g/mol. The van der Waals surface area contributed by atoms with E-state index in [1.165, 1.54) is 0 Å². The highest BCUT2D eigenvalue weighted by Gasteiger charge is 2.16. The van der Waals surface area contributed by atoms with Crippen molar-refractivity contribution in [2.75, 3.05) is 36.5 Å². The molecule has 144 valence electrons. The Morgan fingerprint density at radius 3 is 2.57 bits per heavy atom. The molecular formula is C21H21ClN4O2. The highest BCUT2D eigenvalue weighted by atomic mass is 35.5. The van der Waals surface area contributed by atoms with E-state index in [-0.39, 0.29) is 5.91 Å². The Morgan fingerprint density at radius 1 is 1.11 bits per heavy atom. The Kier molecular flexibility index (Phi) is 5.32. The lowest BCUT2D eigenvalue weighted by Gasteiger charge is -2.28. The number of amides is 1. The van der Waals surface area contributed by atoms with E-state index in [4.69, 9.17) is 16.3 Å². The molecule has 1 N–H and O–H groups in total. The van der Waals surface area contributed by atoms with Gasteiger partial charge in [0.2, 0.25) is 0 Å².